The Morgan fingerprint density at radius 3 is 2.88 bits per heavy atom. The minimum Gasteiger partial charge on any atom is -0.384 e. The molecule has 3 N–H and O–H groups in total. The molecule has 0 aliphatic carbocycles. The number of nitrogens with zero attached hydrogens (tertiary/aromatic N) is 1. The molecule has 0 spiro atoms. The van der Waals surface area contributed by atoms with E-state index in [1.54, 1.807) is 12.3 Å². The molecule has 1 aliphatic heterocycles. The summed E-state index contributed by atoms with van der Waals surface area (Å²) < 4.78 is 0. The zero-order valence-corrected chi connectivity index (χ0v) is 4.39. The summed E-state index contributed by atoms with van der Waals surface area (Å²) in [5.41, 5.74) is 5.29. The van der Waals surface area contributed by atoms with Gasteiger partial charge in [0.2, 0.25) is 0 Å². The van der Waals surface area contributed by atoms with E-state index in [1.807, 2.05) is 0 Å². The lowest BCUT2D eigenvalue weighted by Gasteiger charge is -2.03. The summed E-state index contributed by atoms with van der Waals surface area (Å²) in [6, 6.07) is 0. The minimum atomic E-state index is 0.494. The van der Waals surface area contributed by atoms with Crippen molar-refractivity contribution in [2.45, 2.75) is 0 Å². The Hall–Kier alpha value is -1.25. The van der Waals surface area contributed by atoms with Gasteiger partial charge in [-0.2, -0.15) is 0 Å². The molecule has 3 nitrogen and oxygen atoms in total. The fourth-order valence-electron chi connectivity index (χ4n) is 0.449. The Kier molecular flexibility index (Phi) is 1.04. The molecular weight excluding hydrogens is 102 g/mol. The van der Waals surface area contributed by atoms with E-state index in [0.29, 0.717) is 11.7 Å². The molecule has 0 fully saturated rings. The van der Waals surface area contributed by atoms with Gasteiger partial charge < -0.3 is 11.1 Å². The van der Waals surface area contributed by atoms with E-state index in [-0.39, 0.29) is 0 Å². The lowest BCUT2D eigenvalue weighted by Crippen LogP contribution is -2.16. The second-order valence-corrected chi connectivity index (χ2v) is 1.46. The molecule has 0 radical (unpaired) electrons. The molecule has 3 heteroatoms. The molecular formula is C5H7N3. The lowest BCUT2D eigenvalue weighted by molar-refractivity contribution is 1.02. The molecule has 0 aromatic rings. The Bertz CT molecular complexity index is 167. The summed E-state index contributed by atoms with van der Waals surface area (Å²) in [7, 11) is 0. The van der Waals surface area contributed by atoms with Crippen LogP contribution in [0.5, 0.6) is 0 Å². The van der Waals surface area contributed by atoms with Crippen LogP contribution in [0, 0.1) is 0 Å². The number of rotatable bonds is 0. The zero-order chi connectivity index (χ0) is 5.98. The Morgan fingerprint density at radius 1 is 1.75 bits per heavy atom. The molecule has 42 valence electrons. The van der Waals surface area contributed by atoms with Crippen LogP contribution in [0.25, 0.3) is 0 Å². The van der Waals surface area contributed by atoms with Crippen LogP contribution in [0.3, 0.4) is 0 Å². The molecule has 0 saturated heterocycles. The van der Waals surface area contributed by atoms with E-state index in [1.165, 1.54) is 0 Å². The fraction of sp³-hybridized carbons (Fsp3) is 0. The molecule has 1 heterocycles. The maximum atomic E-state index is 5.29. The predicted molar refractivity (Wildman–Crippen MR) is 33.0 cm³/mol. The summed E-state index contributed by atoms with van der Waals surface area (Å²) in [5, 5.41) is 2.77. The molecule has 0 amide bonds. The zero-order valence-electron chi connectivity index (χ0n) is 4.39. The molecule has 1 rings (SSSR count). The highest BCUT2D eigenvalue weighted by molar-refractivity contribution is 5.92. The first kappa shape index (κ1) is 4.90. The normalized spacial score (nSPS) is 17.5. The van der Waals surface area contributed by atoms with Gasteiger partial charge in [-0.15, -0.1) is 0 Å². The van der Waals surface area contributed by atoms with Gasteiger partial charge in [0.1, 0.15) is 11.7 Å². The number of hydrogen-bond donors (Lipinski definition) is 2. The van der Waals surface area contributed by atoms with Crippen molar-refractivity contribution < 1.29 is 0 Å². The highest BCUT2D eigenvalue weighted by atomic mass is 15.1. The van der Waals surface area contributed by atoms with Gasteiger partial charge >= 0.3 is 0 Å². The van der Waals surface area contributed by atoms with Crippen molar-refractivity contribution in [3.05, 3.63) is 24.7 Å². The minimum absolute atomic E-state index is 0.494. The molecule has 8 heavy (non-hydrogen) atoms. The highest BCUT2D eigenvalue weighted by Crippen LogP contribution is 1.91. The molecule has 1 aliphatic rings. The van der Waals surface area contributed by atoms with Crippen LogP contribution in [-0.2, 0) is 0 Å². The van der Waals surface area contributed by atoms with E-state index in [9.17, 15) is 0 Å². The molecule has 0 bridgehead atoms. The molecule has 0 unspecified atom stereocenters. The molecule has 0 aromatic heterocycles. The van der Waals surface area contributed by atoms with Crippen molar-refractivity contribution in [3.63, 3.8) is 0 Å². The van der Waals surface area contributed by atoms with Gasteiger partial charge in [-0.25, -0.2) is 4.99 Å². The third-order valence-corrected chi connectivity index (χ3v) is 0.768. The second kappa shape index (κ2) is 1.69. The van der Waals surface area contributed by atoms with Crippen LogP contribution >= 0.6 is 0 Å². The fourth-order valence-corrected chi connectivity index (χ4v) is 0.449. The summed E-state index contributed by atoms with van der Waals surface area (Å²) in [4.78, 5) is 3.78. The SMILES string of the molecule is C=C1N=C(N)C=CN1. The Morgan fingerprint density at radius 2 is 2.50 bits per heavy atom. The van der Waals surface area contributed by atoms with Crippen LogP contribution in [0.2, 0.25) is 0 Å². The standard InChI is InChI=1S/C5H7N3/c1-4-7-3-2-5(6)8-4/h2-3,7H,1H2,(H2,6,8). The molecule has 0 atom stereocenters. The average Bonchev–Trinajstić information content (AvgIpc) is 1.64. The van der Waals surface area contributed by atoms with Gasteiger partial charge in [0.25, 0.3) is 0 Å². The summed E-state index contributed by atoms with van der Waals surface area (Å²) in [5.74, 6) is 1.08. The van der Waals surface area contributed by atoms with E-state index < -0.39 is 0 Å². The second-order valence-electron chi connectivity index (χ2n) is 1.46. The van der Waals surface area contributed by atoms with Crippen molar-refractivity contribution in [1.82, 2.24) is 5.32 Å². The smallest absolute Gasteiger partial charge is 0.127 e. The van der Waals surface area contributed by atoms with Crippen LogP contribution in [0.1, 0.15) is 0 Å². The summed E-state index contributed by atoms with van der Waals surface area (Å²) >= 11 is 0. The largest absolute Gasteiger partial charge is 0.384 e. The van der Waals surface area contributed by atoms with Gasteiger partial charge in [0.15, 0.2) is 0 Å². The van der Waals surface area contributed by atoms with Crippen LogP contribution in [0.4, 0.5) is 0 Å². The maximum absolute atomic E-state index is 5.29. The monoisotopic (exact) mass is 109 g/mol. The van der Waals surface area contributed by atoms with Crippen molar-refractivity contribution in [2.75, 3.05) is 0 Å². The Labute approximate surface area is 47.6 Å². The first-order valence-corrected chi connectivity index (χ1v) is 2.25. The van der Waals surface area contributed by atoms with Crippen molar-refractivity contribution in [3.8, 4) is 0 Å². The van der Waals surface area contributed by atoms with Gasteiger partial charge in [0.05, 0.1) is 0 Å². The van der Waals surface area contributed by atoms with Crippen LogP contribution in [-0.4, -0.2) is 5.84 Å². The third kappa shape index (κ3) is 0.872. The third-order valence-electron chi connectivity index (χ3n) is 0.768. The van der Waals surface area contributed by atoms with E-state index >= 15 is 0 Å². The maximum Gasteiger partial charge on any atom is 0.127 e. The molecule has 0 aromatic carbocycles. The number of nitrogens with two attached hydrogens (primary N) is 1. The van der Waals surface area contributed by atoms with Crippen LogP contribution in [0.15, 0.2) is 29.7 Å². The topological polar surface area (TPSA) is 50.4 Å². The van der Waals surface area contributed by atoms with Gasteiger partial charge in [-0.05, 0) is 6.08 Å². The van der Waals surface area contributed by atoms with Crippen molar-refractivity contribution in [2.24, 2.45) is 10.7 Å². The summed E-state index contributed by atoms with van der Waals surface area (Å²) in [6.07, 6.45) is 3.37. The van der Waals surface area contributed by atoms with Crippen molar-refractivity contribution >= 4 is 5.84 Å². The number of nitrogens with one attached hydrogen (secondary N) is 1. The predicted octanol–water partition coefficient (Wildman–Crippen LogP) is -0.0683. The first-order chi connectivity index (χ1) is 3.79. The highest BCUT2D eigenvalue weighted by Gasteiger charge is 1.92. The van der Waals surface area contributed by atoms with Crippen molar-refractivity contribution in [1.29, 1.82) is 0 Å². The lowest BCUT2D eigenvalue weighted by atomic mass is 10.5. The van der Waals surface area contributed by atoms with Gasteiger partial charge in [-0.1, -0.05) is 6.58 Å². The Balaban J connectivity index is 2.77. The van der Waals surface area contributed by atoms with Gasteiger partial charge in [-0.3, -0.25) is 0 Å². The quantitative estimate of drug-likeness (QED) is 0.457. The number of amidine groups is 1. The van der Waals surface area contributed by atoms with E-state index in [4.69, 9.17) is 5.73 Å². The first-order valence-electron chi connectivity index (χ1n) is 2.25. The van der Waals surface area contributed by atoms with Gasteiger partial charge in [0, 0.05) is 6.20 Å². The average molecular weight is 109 g/mol. The number of aliphatic imine (C=N–C) groups is 1. The van der Waals surface area contributed by atoms with Crippen LogP contribution < -0.4 is 11.1 Å². The molecule has 0 saturated carbocycles. The van der Waals surface area contributed by atoms with E-state index in [0.717, 1.165) is 0 Å². The number of hydrogen-bond acceptors (Lipinski definition) is 3. The summed E-state index contributed by atoms with van der Waals surface area (Å²) in [6.45, 7) is 3.53. The van der Waals surface area contributed by atoms with E-state index in [2.05, 4.69) is 16.9 Å².